The van der Waals surface area contributed by atoms with Crippen LogP contribution in [0.2, 0.25) is 0 Å². The van der Waals surface area contributed by atoms with Gasteiger partial charge in [0.1, 0.15) is 0 Å². The quantitative estimate of drug-likeness (QED) is 0.634. The molecule has 0 aliphatic carbocycles. The Hall–Kier alpha value is -0.120. The first kappa shape index (κ1) is 17.9. The topological polar surface area (TPSA) is 41.5 Å². The minimum absolute atomic E-state index is 0.142. The summed E-state index contributed by atoms with van der Waals surface area (Å²) in [5, 5.41) is 12.9. The van der Waals surface area contributed by atoms with Crippen molar-refractivity contribution >= 4 is 0 Å². The van der Waals surface area contributed by atoms with Crippen molar-refractivity contribution in [3.8, 4) is 0 Å². The van der Waals surface area contributed by atoms with Gasteiger partial charge in [0.05, 0.1) is 12.7 Å². The highest BCUT2D eigenvalue weighted by atomic mass is 16.5. The summed E-state index contributed by atoms with van der Waals surface area (Å²) < 4.78 is 5.88. The molecule has 0 aliphatic heterocycles. The van der Waals surface area contributed by atoms with Crippen LogP contribution in [0.4, 0.5) is 0 Å². The molecule has 0 spiro atoms. The van der Waals surface area contributed by atoms with Gasteiger partial charge >= 0.3 is 0 Å². The Labute approximate surface area is 113 Å². The highest BCUT2D eigenvalue weighted by molar-refractivity contribution is 4.86. The van der Waals surface area contributed by atoms with Crippen molar-refractivity contribution < 1.29 is 9.84 Å². The summed E-state index contributed by atoms with van der Waals surface area (Å²) in [7, 11) is 0. The monoisotopic (exact) mass is 259 g/mol. The summed E-state index contributed by atoms with van der Waals surface area (Å²) >= 11 is 0. The van der Waals surface area contributed by atoms with Crippen molar-refractivity contribution in [3.63, 3.8) is 0 Å². The van der Waals surface area contributed by atoms with Crippen LogP contribution in [0, 0.1) is 5.92 Å². The van der Waals surface area contributed by atoms with Crippen molar-refractivity contribution in [1.29, 1.82) is 0 Å². The van der Waals surface area contributed by atoms with Crippen LogP contribution in [-0.2, 0) is 4.74 Å². The fourth-order valence-corrected chi connectivity index (χ4v) is 2.46. The number of ether oxygens (including phenoxy) is 1. The van der Waals surface area contributed by atoms with Gasteiger partial charge in [-0.3, -0.25) is 0 Å². The SMILES string of the molecule is CCCC(C)COC(C)CC(C)(CO)NC(C)C. The molecule has 3 unspecified atom stereocenters. The van der Waals surface area contributed by atoms with Gasteiger partial charge in [-0.1, -0.05) is 34.1 Å². The van der Waals surface area contributed by atoms with Crippen LogP contribution < -0.4 is 5.32 Å². The zero-order valence-electron chi connectivity index (χ0n) is 13.1. The number of hydrogen-bond donors (Lipinski definition) is 2. The Morgan fingerprint density at radius 1 is 1.22 bits per heavy atom. The molecule has 0 radical (unpaired) electrons. The third-order valence-electron chi connectivity index (χ3n) is 3.17. The molecule has 0 fully saturated rings. The molecule has 0 saturated carbocycles. The van der Waals surface area contributed by atoms with Crippen molar-refractivity contribution in [3.05, 3.63) is 0 Å². The van der Waals surface area contributed by atoms with E-state index in [0.717, 1.165) is 13.0 Å². The van der Waals surface area contributed by atoms with Gasteiger partial charge in [-0.15, -0.1) is 0 Å². The Kier molecular flexibility index (Phi) is 8.83. The number of hydrogen-bond acceptors (Lipinski definition) is 3. The van der Waals surface area contributed by atoms with Gasteiger partial charge in [-0.25, -0.2) is 0 Å². The van der Waals surface area contributed by atoms with Crippen LogP contribution in [-0.4, -0.2) is 36.0 Å². The lowest BCUT2D eigenvalue weighted by Crippen LogP contribution is -2.51. The van der Waals surface area contributed by atoms with Crippen LogP contribution in [0.3, 0.4) is 0 Å². The Morgan fingerprint density at radius 3 is 2.28 bits per heavy atom. The largest absolute Gasteiger partial charge is 0.394 e. The second kappa shape index (κ2) is 8.89. The van der Waals surface area contributed by atoms with Crippen molar-refractivity contribution in [1.82, 2.24) is 5.32 Å². The van der Waals surface area contributed by atoms with Crippen molar-refractivity contribution in [2.75, 3.05) is 13.2 Å². The normalized spacial score (nSPS) is 18.7. The number of aliphatic hydroxyl groups is 1. The maximum atomic E-state index is 9.53. The average Bonchev–Trinajstić information content (AvgIpc) is 2.25. The Balaban J connectivity index is 4.06. The summed E-state index contributed by atoms with van der Waals surface area (Å²) in [4.78, 5) is 0. The van der Waals surface area contributed by atoms with E-state index >= 15 is 0 Å². The van der Waals surface area contributed by atoms with E-state index in [0.29, 0.717) is 12.0 Å². The van der Waals surface area contributed by atoms with E-state index in [-0.39, 0.29) is 18.2 Å². The predicted molar refractivity (Wildman–Crippen MR) is 77.9 cm³/mol. The van der Waals surface area contributed by atoms with Gasteiger partial charge in [0.15, 0.2) is 0 Å². The molecule has 0 bridgehead atoms. The van der Waals surface area contributed by atoms with Crippen LogP contribution in [0.1, 0.15) is 60.8 Å². The van der Waals surface area contributed by atoms with E-state index in [1.807, 2.05) is 0 Å². The summed E-state index contributed by atoms with van der Waals surface area (Å²) in [6.07, 6.45) is 3.43. The maximum Gasteiger partial charge on any atom is 0.0611 e. The van der Waals surface area contributed by atoms with Gasteiger partial charge < -0.3 is 15.2 Å². The second-order valence-corrected chi connectivity index (χ2v) is 6.26. The predicted octanol–water partition coefficient (Wildman–Crippen LogP) is 2.97. The fraction of sp³-hybridized carbons (Fsp3) is 1.00. The molecule has 0 rings (SSSR count). The molecule has 18 heavy (non-hydrogen) atoms. The van der Waals surface area contributed by atoms with Gasteiger partial charge in [-0.05, 0) is 32.6 Å². The lowest BCUT2D eigenvalue weighted by Gasteiger charge is -2.33. The molecule has 2 N–H and O–H groups in total. The minimum Gasteiger partial charge on any atom is -0.394 e. The van der Waals surface area contributed by atoms with E-state index in [1.165, 1.54) is 12.8 Å². The number of aliphatic hydroxyl groups excluding tert-OH is 1. The molecule has 0 amide bonds. The third-order valence-corrected chi connectivity index (χ3v) is 3.17. The first-order chi connectivity index (χ1) is 8.33. The molecule has 0 aromatic rings. The smallest absolute Gasteiger partial charge is 0.0611 e. The van der Waals surface area contributed by atoms with Gasteiger partial charge in [0.2, 0.25) is 0 Å². The lowest BCUT2D eigenvalue weighted by molar-refractivity contribution is 0.00993. The van der Waals surface area contributed by atoms with E-state index in [1.54, 1.807) is 0 Å². The van der Waals surface area contributed by atoms with Gasteiger partial charge in [0.25, 0.3) is 0 Å². The van der Waals surface area contributed by atoms with Crippen molar-refractivity contribution in [2.45, 2.75) is 78.5 Å². The van der Waals surface area contributed by atoms with Crippen molar-refractivity contribution in [2.24, 2.45) is 5.92 Å². The van der Waals surface area contributed by atoms with Gasteiger partial charge in [-0.2, -0.15) is 0 Å². The molecule has 0 aromatic carbocycles. The molecule has 3 heteroatoms. The molecular formula is C15H33NO2. The first-order valence-electron chi connectivity index (χ1n) is 7.33. The highest BCUT2D eigenvalue weighted by Crippen LogP contribution is 2.16. The van der Waals surface area contributed by atoms with E-state index in [9.17, 15) is 5.11 Å². The molecular weight excluding hydrogens is 226 g/mol. The van der Waals surface area contributed by atoms with Gasteiger partial charge in [0, 0.05) is 18.2 Å². The standard InChI is InChI=1S/C15H33NO2/c1-7-8-13(4)10-18-14(5)9-15(6,11-17)16-12(2)3/h12-14,16-17H,7-11H2,1-6H3. The van der Waals surface area contributed by atoms with Crippen LogP contribution in [0.5, 0.6) is 0 Å². The number of nitrogens with one attached hydrogen (secondary N) is 1. The molecule has 0 heterocycles. The highest BCUT2D eigenvalue weighted by Gasteiger charge is 2.26. The molecule has 110 valence electrons. The molecule has 0 saturated heterocycles. The summed E-state index contributed by atoms with van der Waals surface area (Å²) in [5.41, 5.74) is -0.248. The van der Waals surface area contributed by atoms with Crippen LogP contribution in [0.15, 0.2) is 0 Å². The molecule has 0 aromatic heterocycles. The summed E-state index contributed by atoms with van der Waals surface area (Å²) in [5.74, 6) is 0.621. The molecule has 3 atom stereocenters. The Bertz CT molecular complexity index is 209. The average molecular weight is 259 g/mol. The lowest BCUT2D eigenvalue weighted by atomic mass is 9.94. The van der Waals surface area contributed by atoms with E-state index < -0.39 is 0 Å². The Morgan fingerprint density at radius 2 is 1.83 bits per heavy atom. The van der Waals surface area contributed by atoms with Crippen LogP contribution in [0.25, 0.3) is 0 Å². The van der Waals surface area contributed by atoms with E-state index in [2.05, 4.69) is 46.9 Å². The second-order valence-electron chi connectivity index (χ2n) is 6.26. The zero-order valence-corrected chi connectivity index (χ0v) is 13.1. The first-order valence-corrected chi connectivity index (χ1v) is 7.33. The fourth-order valence-electron chi connectivity index (χ4n) is 2.46. The van der Waals surface area contributed by atoms with E-state index in [4.69, 9.17) is 4.74 Å². The molecule has 3 nitrogen and oxygen atoms in total. The van der Waals surface area contributed by atoms with Crippen LogP contribution >= 0.6 is 0 Å². The third kappa shape index (κ3) is 8.06. The zero-order chi connectivity index (χ0) is 14.2. The summed E-state index contributed by atoms with van der Waals surface area (Å²) in [6.45, 7) is 13.7. The summed E-state index contributed by atoms with van der Waals surface area (Å²) in [6, 6.07) is 0.369. The minimum atomic E-state index is -0.248. The maximum absolute atomic E-state index is 9.53. The molecule has 0 aliphatic rings. The number of rotatable bonds is 10.